The fourth-order valence-electron chi connectivity index (χ4n) is 3.16. The van der Waals surface area contributed by atoms with E-state index in [0.717, 1.165) is 0 Å². The van der Waals surface area contributed by atoms with Crippen molar-refractivity contribution in [1.29, 1.82) is 0 Å². The van der Waals surface area contributed by atoms with Gasteiger partial charge in [0.05, 0.1) is 4.92 Å². The Morgan fingerprint density at radius 1 is 1.12 bits per heavy atom. The van der Waals surface area contributed by atoms with Gasteiger partial charge in [0.2, 0.25) is 0 Å². The van der Waals surface area contributed by atoms with Crippen molar-refractivity contribution in [2.75, 3.05) is 0 Å². The van der Waals surface area contributed by atoms with E-state index in [9.17, 15) is 10.1 Å². The van der Waals surface area contributed by atoms with Crippen molar-refractivity contribution in [3.05, 3.63) is 39.9 Å². The van der Waals surface area contributed by atoms with Crippen molar-refractivity contribution in [2.24, 2.45) is 11.8 Å². The molecule has 92 valence electrons. The van der Waals surface area contributed by atoms with E-state index in [1.54, 1.807) is 12.1 Å². The number of hydrogen-bond donors (Lipinski definition) is 0. The van der Waals surface area contributed by atoms with Gasteiger partial charge in [0.1, 0.15) is 0 Å². The summed E-state index contributed by atoms with van der Waals surface area (Å²) < 4.78 is 0. The first-order valence-electron chi connectivity index (χ1n) is 6.34. The molecule has 2 atom stereocenters. The van der Waals surface area contributed by atoms with E-state index < -0.39 is 0 Å². The van der Waals surface area contributed by atoms with Crippen LogP contribution in [0.1, 0.15) is 44.6 Å². The van der Waals surface area contributed by atoms with E-state index in [1.165, 1.54) is 24.8 Å². The van der Waals surface area contributed by atoms with E-state index >= 15 is 0 Å². The van der Waals surface area contributed by atoms with Crippen molar-refractivity contribution in [3.63, 3.8) is 0 Å². The highest BCUT2D eigenvalue weighted by Crippen LogP contribution is 2.41. The standard InChI is InChI=1S/C14H19NO2/c1-10-4-3-5-11(2)14(10)12-6-8-13(9-7-12)15(16)17/h6-11,14H,3-5H2,1-2H3. The lowest BCUT2D eigenvalue weighted by atomic mass is 9.70. The lowest BCUT2D eigenvalue weighted by molar-refractivity contribution is -0.384. The third kappa shape index (κ3) is 2.48. The summed E-state index contributed by atoms with van der Waals surface area (Å²) >= 11 is 0. The predicted octanol–water partition coefficient (Wildman–Crippen LogP) is 4.13. The van der Waals surface area contributed by atoms with E-state index in [-0.39, 0.29) is 10.6 Å². The SMILES string of the molecule is CC1CCCC(C)C1c1ccc([N+](=O)[O-])cc1. The Morgan fingerprint density at radius 2 is 1.65 bits per heavy atom. The van der Waals surface area contributed by atoms with Gasteiger partial charge in [-0.25, -0.2) is 0 Å². The molecule has 0 aliphatic heterocycles. The molecule has 1 aliphatic carbocycles. The zero-order chi connectivity index (χ0) is 12.4. The number of non-ortho nitro benzene ring substituents is 1. The highest BCUT2D eigenvalue weighted by atomic mass is 16.6. The van der Waals surface area contributed by atoms with E-state index in [0.29, 0.717) is 17.8 Å². The average Bonchev–Trinajstić information content (AvgIpc) is 2.29. The maximum atomic E-state index is 10.6. The summed E-state index contributed by atoms with van der Waals surface area (Å²) in [5, 5.41) is 10.6. The molecular formula is C14H19NO2. The van der Waals surface area contributed by atoms with Gasteiger partial charge in [0.15, 0.2) is 0 Å². The third-order valence-electron chi connectivity index (χ3n) is 4.03. The van der Waals surface area contributed by atoms with Gasteiger partial charge in [-0.3, -0.25) is 10.1 Å². The van der Waals surface area contributed by atoms with Crippen molar-refractivity contribution in [1.82, 2.24) is 0 Å². The van der Waals surface area contributed by atoms with Crippen LogP contribution < -0.4 is 0 Å². The quantitative estimate of drug-likeness (QED) is 0.569. The zero-order valence-electron chi connectivity index (χ0n) is 10.4. The normalized spacial score (nSPS) is 28.9. The van der Waals surface area contributed by atoms with Crippen molar-refractivity contribution in [3.8, 4) is 0 Å². The van der Waals surface area contributed by atoms with Crippen LogP contribution in [0, 0.1) is 22.0 Å². The van der Waals surface area contributed by atoms with Gasteiger partial charge in [-0.2, -0.15) is 0 Å². The summed E-state index contributed by atoms with van der Waals surface area (Å²) in [6, 6.07) is 7.12. The Morgan fingerprint density at radius 3 is 2.12 bits per heavy atom. The highest BCUT2D eigenvalue weighted by Gasteiger charge is 2.29. The molecule has 1 fully saturated rings. The smallest absolute Gasteiger partial charge is 0.258 e. The highest BCUT2D eigenvalue weighted by molar-refractivity contribution is 5.35. The molecular weight excluding hydrogens is 214 g/mol. The van der Waals surface area contributed by atoms with Gasteiger partial charge >= 0.3 is 0 Å². The number of nitro benzene ring substituents is 1. The van der Waals surface area contributed by atoms with Gasteiger partial charge in [0.25, 0.3) is 5.69 Å². The molecule has 3 heteroatoms. The number of rotatable bonds is 2. The number of benzene rings is 1. The Bertz CT molecular complexity index is 389. The molecule has 0 saturated heterocycles. The van der Waals surface area contributed by atoms with Crippen LogP contribution in [0.15, 0.2) is 24.3 Å². The topological polar surface area (TPSA) is 43.1 Å². The third-order valence-corrected chi connectivity index (χ3v) is 4.03. The molecule has 17 heavy (non-hydrogen) atoms. The van der Waals surface area contributed by atoms with Gasteiger partial charge in [0, 0.05) is 12.1 Å². The first kappa shape index (κ1) is 12.1. The molecule has 0 radical (unpaired) electrons. The minimum absolute atomic E-state index is 0.185. The molecule has 0 aromatic heterocycles. The predicted molar refractivity (Wildman–Crippen MR) is 68.0 cm³/mol. The average molecular weight is 233 g/mol. The Labute approximate surface area is 102 Å². The first-order chi connectivity index (χ1) is 8.09. The monoisotopic (exact) mass is 233 g/mol. The molecule has 0 bridgehead atoms. The molecule has 0 heterocycles. The minimum Gasteiger partial charge on any atom is -0.258 e. The minimum atomic E-state index is -0.336. The van der Waals surface area contributed by atoms with Gasteiger partial charge in [-0.1, -0.05) is 45.2 Å². The van der Waals surface area contributed by atoms with E-state index in [2.05, 4.69) is 13.8 Å². The van der Waals surface area contributed by atoms with Crippen LogP contribution in [0.5, 0.6) is 0 Å². The summed E-state index contributed by atoms with van der Waals surface area (Å²) in [7, 11) is 0. The van der Waals surface area contributed by atoms with Crippen LogP contribution in [0.2, 0.25) is 0 Å². The van der Waals surface area contributed by atoms with E-state index in [1.807, 2.05) is 12.1 Å². The Kier molecular flexibility index (Phi) is 3.46. The maximum absolute atomic E-state index is 10.6. The summed E-state index contributed by atoms with van der Waals surface area (Å²) in [4.78, 5) is 10.3. The molecule has 3 nitrogen and oxygen atoms in total. The van der Waals surface area contributed by atoms with Crippen LogP contribution in [-0.4, -0.2) is 4.92 Å². The van der Waals surface area contributed by atoms with Crippen molar-refractivity contribution < 1.29 is 4.92 Å². The van der Waals surface area contributed by atoms with Crippen LogP contribution in [0.4, 0.5) is 5.69 Å². The second-order valence-electron chi connectivity index (χ2n) is 5.26. The van der Waals surface area contributed by atoms with E-state index in [4.69, 9.17) is 0 Å². The summed E-state index contributed by atoms with van der Waals surface area (Å²) in [5.74, 6) is 1.92. The van der Waals surface area contributed by atoms with Gasteiger partial charge in [-0.15, -0.1) is 0 Å². The second kappa shape index (κ2) is 4.86. The number of nitrogens with zero attached hydrogens (tertiary/aromatic N) is 1. The zero-order valence-corrected chi connectivity index (χ0v) is 10.4. The Hall–Kier alpha value is -1.38. The van der Waals surface area contributed by atoms with Crippen molar-refractivity contribution in [2.45, 2.75) is 39.0 Å². The molecule has 0 N–H and O–H groups in total. The van der Waals surface area contributed by atoms with Crippen LogP contribution >= 0.6 is 0 Å². The molecule has 1 aromatic rings. The van der Waals surface area contributed by atoms with Gasteiger partial charge < -0.3 is 0 Å². The largest absolute Gasteiger partial charge is 0.269 e. The maximum Gasteiger partial charge on any atom is 0.269 e. The number of hydrogen-bond acceptors (Lipinski definition) is 2. The Balaban J connectivity index is 2.23. The summed E-state index contributed by atoms with van der Waals surface area (Å²) in [5.41, 5.74) is 1.44. The molecule has 2 rings (SSSR count). The summed E-state index contributed by atoms with van der Waals surface area (Å²) in [6.45, 7) is 4.59. The van der Waals surface area contributed by atoms with Crippen LogP contribution in [0.25, 0.3) is 0 Å². The summed E-state index contributed by atoms with van der Waals surface area (Å²) in [6.07, 6.45) is 3.85. The lowest BCUT2D eigenvalue weighted by Crippen LogP contribution is -2.22. The molecule has 1 aliphatic rings. The molecule has 1 saturated carbocycles. The lowest BCUT2D eigenvalue weighted by Gasteiger charge is -2.34. The molecule has 2 unspecified atom stereocenters. The van der Waals surface area contributed by atoms with Crippen LogP contribution in [-0.2, 0) is 0 Å². The fourth-order valence-corrected chi connectivity index (χ4v) is 3.16. The first-order valence-corrected chi connectivity index (χ1v) is 6.34. The van der Waals surface area contributed by atoms with Crippen molar-refractivity contribution >= 4 is 5.69 Å². The molecule has 0 amide bonds. The fraction of sp³-hybridized carbons (Fsp3) is 0.571. The molecule has 0 spiro atoms. The molecule has 1 aromatic carbocycles. The van der Waals surface area contributed by atoms with Gasteiger partial charge in [-0.05, 0) is 23.3 Å². The van der Waals surface area contributed by atoms with Crippen LogP contribution in [0.3, 0.4) is 0 Å². The second-order valence-corrected chi connectivity index (χ2v) is 5.26. The number of nitro groups is 1.